The fourth-order valence-electron chi connectivity index (χ4n) is 2.15. The highest BCUT2D eigenvalue weighted by Crippen LogP contribution is 2.17. The van der Waals surface area contributed by atoms with Crippen LogP contribution in [0.15, 0.2) is 30.8 Å². The molecule has 0 atom stereocenters. The number of thiol groups is 1. The zero-order chi connectivity index (χ0) is 13.2. The number of hydrogen-bond donors (Lipinski definition) is 1. The zero-order valence-electron chi connectivity index (χ0n) is 11.6. The maximum absolute atomic E-state index is 4.25. The van der Waals surface area contributed by atoms with Crippen molar-refractivity contribution in [3.05, 3.63) is 42.0 Å². The Morgan fingerprint density at radius 3 is 2.06 bits per heavy atom. The van der Waals surface area contributed by atoms with Crippen molar-refractivity contribution in [2.24, 2.45) is 0 Å². The fraction of sp³-hybridized carbons (Fsp3) is 0.529. The molecule has 0 aliphatic heterocycles. The van der Waals surface area contributed by atoms with Gasteiger partial charge in [-0.25, -0.2) is 0 Å². The van der Waals surface area contributed by atoms with Gasteiger partial charge in [-0.3, -0.25) is 0 Å². The third kappa shape index (κ3) is 6.30. The Morgan fingerprint density at radius 2 is 1.50 bits per heavy atom. The summed E-state index contributed by atoms with van der Waals surface area (Å²) in [7, 11) is 0. The summed E-state index contributed by atoms with van der Waals surface area (Å²) in [6.45, 7) is 6.10. The second-order valence-electron chi connectivity index (χ2n) is 5.01. The molecule has 100 valence electrons. The van der Waals surface area contributed by atoms with Crippen LogP contribution < -0.4 is 0 Å². The second kappa shape index (κ2) is 9.27. The number of rotatable bonds is 9. The molecule has 18 heavy (non-hydrogen) atoms. The summed E-state index contributed by atoms with van der Waals surface area (Å²) in [5.41, 5.74) is 2.56. The average molecular weight is 262 g/mol. The maximum atomic E-state index is 4.25. The van der Waals surface area contributed by atoms with Crippen molar-refractivity contribution >= 4 is 17.5 Å². The van der Waals surface area contributed by atoms with Gasteiger partial charge in [-0.2, -0.15) is 0 Å². The third-order valence-electron chi connectivity index (χ3n) is 3.36. The van der Waals surface area contributed by atoms with Crippen LogP contribution in [-0.2, 0) is 6.42 Å². The summed E-state index contributed by atoms with van der Waals surface area (Å²) in [5.74, 6) is 0. The van der Waals surface area contributed by atoms with E-state index in [9.17, 15) is 0 Å². The quantitative estimate of drug-likeness (QED) is 0.417. The van der Waals surface area contributed by atoms with Gasteiger partial charge in [0.15, 0.2) is 0 Å². The number of aryl methyl sites for hydroxylation is 1. The molecule has 1 heteroatoms. The van der Waals surface area contributed by atoms with E-state index in [4.69, 9.17) is 0 Å². The lowest BCUT2D eigenvalue weighted by atomic mass is 10.0. The van der Waals surface area contributed by atoms with Crippen LogP contribution in [0.1, 0.15) is 63.0 Å². The van der Waals surface area contributed by atoms with E-state index >= 15 is 0 Å². The van der Waals surface area contributed by atoms with Crippen molar-refractivity contribution in [3.8, 4) is 0 Å². The first kappa shape index (κ1) is 15.4. The van der Waals surface area contributed by atoms with Gasteiger partial charge in [0.1, 0.15) is 0 Å². The molecular formula is C17H26S. The van der Waals surface area contributed by atoms with Crippen LogP contribution in [0.4, 0.5) is 0 Å². The van der Waals surface area contributed by atoms with Gasteiger partial charge in [-0.15, -0.1) is 12.6 Å². The standard InChI is InChI=1S/C17H26S/c1-3-4-5-6-7-8-9-10-16-11-13-17(14-12-16)15(2)18/h11-14,18H,2-10H2,1H3. The van der Waals surface area contributed by atoms with E-state index < -0.39 is 0 Å². The third-order valence-corrected chi connectivity index (χ3v) is 3.61. The second-order valence-corrected chi connectivity index (χ2v) is 5.55. The zero-order valence-corrected chi connectivity index (χ0v) is 12.5. The predicted octanol–water partition coefficient (Wildman–Crippen LogP) is 5.88. The predicted molar refractivity (Wildman–Crippen MR) is 86.2 cm³/mol. The van der Waals surface area contributed by atoms with Gasteiger partial charge in [0.25, 0.3) is 0 Å². The van der Waals surface area contributed by atoms with Crippen molar-refractivity contribution < 1.29 is 0 Å². The summed E-state index contributed by atoms with van der Waals surface area (Å²) in [5, 5.41) is 0. The van der Waals surface area contributed by atoms with Crippen molar-refractivity contribution in [1.82, 2.24) is 0 Å². The van der Waals surface area contributed by atoms with Gasteiger partial charge >= 0.3 is 0 Å². The van der Waals surface area contributed by atoms with Crippen LogP contribution in [0.2, 0.25) is 0 Å². The highest BCUT2D eigenvalue weighted by molar-refractivity contribution is 7.90. The van der Waals surface area contributed by atoms with Crippen molar-refractivity contribution in [2.45, 2.75) is 58.3 Å². The van der Waals surface area contributed by atoms with Gasteiger partial charge in [-0.1, -0.05) is 76.3 Å². The van der Waals surface area contributed by atoms with Gasteiger partial charge in [0.2, 0.25) is 0 Å². The molecule has 1 aromatic rings. The number of hydrogen-bond acceptors (Lipinski definition) is 1. The van der Waals surface area contributed by atoms with Crippen LogP contribution in [0.25, 0.3) is 4.91 Å². The summed E-state index contributed by atoms with van der Waals surface area (Å²) in [6.07, 6.45) is 10.8. The Balaban J connectivity index is 2.14. The first-order chi connectivity index (χ1) is 8.74. The molecule has 0 saturated heterocycles. The van der Waals surface area contributed by atoms with Crippen molar-refractivity contribution in [1.29, 1.82) is 0 Å². The minimum absolute atomic E-state index is 0.845. The number of benzene rings is 1. The molecule has 1 aromatic carbocycles. The SMILES string of the molecule is C=C(S)c1ccc(CCCCCCCCC)cc1. The minimum atomic E-state index is 0.845. The molecule has 0 spiro atoms. The molecule has 0 unspecified atom stereocenters. The molecule has 0 nitrogen and oxygen atoms in total. The van der Waals surface area contributed by atoms with E-state index in [0.717, 1.165) is 10.5 Å². The molecule has 0 aliphatic carbocycles. The first-order valence-electron chi connectivity index (χ1n) is 7.21. The smallest absolute Gasteiger partial charge is 0.00405 e. The Morgan fingerprint density at radius 1 is 0.944 bits per heavy atom. The Bertz CT molecular complexity index is 337. The lowest BCUT2D eigenvalue weighted by Gasteiger charge is -2.04. The van der Waals surface area contributed by atoms with Gasteiger partial charge in [0, 0.05) is 4.91 Å². The Hall–Kier alpha value is -0.690. The largest absolute Gasteiger partial charge is 0.143 e. The van der Waals surface area contributed by atoms with Crippen LogP contribution in [-0.4, -0.2) is 0 Å². The van der Waals surface area contributed by atoms with Crippen molar-refractivity contribution in [2.75, 3.05) is 0 Å². The molecule has 0 fully saturated rings. The van der Waals surface area contributed by atoms with Crippen LogP contribution in [0.5, 0.6) is 0 Å². The first-order valence-corrected chi connectivity index (χ1v) is 7.66. The molecule has 0 saturated carbocycles. The molecule has 0 aliphatic rings. The van der Waals surface area contributed by atoms with E-state index in [1.807, 2.05) is 0 Å². The maximum Gasteiger partial charge on any atom is 0.00405 e. The highest BCUT2D eigenvalue weighted by atomic mass is 32.1. The average Bonchev–Trinajstić information content (AvgIpc) is 2.38. The van der Waals surface area contributed by atoms with Crippen LogP contribution >= 0.6 is 12.6 Å². The molecule has 0 radical (unpaired) electrons. The topological polar surface area (TPSA) is 0 Å². The Labute approximate surface area is 118 Å². The molecule has 0 aromatic heterocycles. The molecule has 0 heterocycles. The summed E-state index contributed by atoms with van der Waals surface area (Å²) < 4.78 is 0. The van der Waals surface area contributed by atoms with E-state index in [2.05, 4.69) is 50.4 Å². The van der Waals surface area contributed by atoms with E-state index in [-0.39, 0.29) is 0 Å². The summed E-state index contributed by atoms with van der Waals surface area (Å²) in [4.78, 5) is 0.845. The van der Waals surface area contributed by atoms with Crippen LogP contribution in [0, 0.1) is 0 Å². The van der Waals surface area contributed by atoms with E-state index in [0.29, 0.717) is 0 Å². The lowest BCUT2D eigenvalue weighted by Crippen LogP contribution is -1.87. The normalized spacial score (nSPS) is 10.6. The molecule has 1 rings (SSSR count). The van der Waals surface area contributed by atoms with Gasteiger partial charge in [0.05, 0.1) is 0 Å². The van der Waals surface area contributed by atoms with Gasteiger partial charge < -0.3 is 0 Å². The number of unbranched alkanes of at least 4 members (excludes halogenated alkanes) is 6. The lowest BCUT2D eigenvalue weighted by molar-refractivity contribution is 0.589. The van der Waals surface area contributed by atoms with Crippen molar-refractivity contribution in [3.63, 3.8) is 0 Å². The summed E-state index contributed by atoms with van der Waals surface area (Å²) in [6, 6.07) is 8.64. The van der Waals surface area contributed by atoms with Crippen LogP contribution in [0.3, 0.4) is 0 Å². The molecule has 0 N–H and O–H groups in total. The Kier molecular flexibility index (Phi) is 7.91. The summed E-state index contributed by atoms with van der Waals surface area (Å²) >= 11 is 4.25. The monoisotopic (exact) mass is 262 g/mol. The fourth-order valence-corrected chi connectivity index (χ4v) is 2.30. The van der Waals surface area contributed by atoms with Gasteiger partial charge in [-0.05, 0) is 24.0 Å². The van der Waals surface area contributed by atoms with E-state index in [1.54, 1.807) is 0 Å². The molecule has 0 amide bonds. The minimum Gasteiger partial charge on any atom is -0.143 e. The highest BCUT2D eigenvalue weighted by Gasteiger charge is 1.96. The molecule has 0 bridgehead atoms. The van der Waals surface area contributed by atoms with E-state index in [1.165, 1.54) is 56.9 Å². The molecular weight excluding hydrogens is 236 g/mol.